The zero-order valence-corrected chi connectivity index (χ0v) is 11.8. The summed E-state index contributed by atoms with van der Waals surface area (Å²) in [5.74, 6) is 5.16. The molecule has 0 saturated carbocycles. The molecule has 1 aromatic carbocycles. The minimum absolute atomic E-state index is 0.0199. The van der Waals surface area contributed by atoms with E-state index in [-0.39, 0.29) is 18.0 Å². The third kappa shape index (κ3) is 4.30. The standard InChI is InChI=1S/C17H16FNO2/c1-13-5-6-19(17(21)8-13)12-15-9-14(4-2-3-7-20)10-16(18)11-15/h5-6,8-11,20H,3,7,12H2,1H3. The molecule has 0 aliphatic carbocycles. The number of aliphatic hydroxyl groups excluding tert-OH is 1. The van der Waals surface area contributed by atoms with E-state index in [4.69, 9.17) is 5.11 Å². The maximum absolute atomic E-state index is 13.6. The number of pyridine rings is 1. The Morgan fingerprint density at radius 1 is 1.29 bits per heavy atom. The molecule has 0 bridgehead atoms. The van der Waals surface area contributed by atoms with Gasteiger partial charge in [0.05, 0.1) is 13.2 Å². The first kappa shape index (κ1) is 15.0. The molecule has 0 aliphatic rings. The molecule has 1 N–H and O–H groups in total. The Morgan fingerprint density at radius 2 is 2.10 bits per heavy atom. The molecule has 1 heterocycles. The first-order valence-electron chi connectivity index (χ1n) is 6.65. The van der Waals surface area contributed by atoms with E-state index in [1.807, 2.05) is 13.0 Å². The lowest BCUT2D eigenvalue weighted by Crippen LogP contribution is -2.19. The second kappa shape index (κ2) is 6.87. The predicted molar refractivity (Wildman–Crippen MR) is 79.5 cm³/mol. The molecule has 0 atom stereocenters. The topological polar surface area (TPSA) is 42.2 Å². The number of hydrogen-bond donors (Lipinski definition) is 1. The highest BCUT2D eigenvalue weighted by atomic mass is 19.1. The van der Waals surface area contributed by atoms with Crippen molar-refractivity contribution in [2.45, 2.75) is 19.9 Å². The predicted octanol–water partition coefficient (Wildman–Crippen LogP) is 2.08. The summed E-state index contributed by atoms with van der Waals surface area (Å²) in [7, 11) is 0. The molecule has 4 heteroatoms. The van der Waals surface area contributed by atoms with Gasteiger partial charge in [-0.25, -0.2) is 4.39 Å². The summed E-state index contributed by atoms with van der Waals surface area (Å²) in [6.07, 6.45) is 2.04. The summed E-state index contributed by atoms with van der Waals surface area (Å²) in [5, 5.41) is 8.69. The fourth-order valence-electron chi connectivity index (χ4n) is 1.97. The van der Waals surface area contributed by atoms with Gasteiger partial charge in [0.1, 0.15) is 5.82 Å². The van der Waals surface area contributed by atoms with E-state index in [0.29, 0.717) is 24.1 Å². The van der Waals surface area contributed by atoms with Gasteiger partial charge >= 0.3 is 0 Å². The van der Waals surface area contributed by atoms with Gasteiger partial charge in [-0.1, -0.05) is 11.8 Å². The molecule has 1 aromatic heterocycles. The molecule has 21 heavy (non-hydrogen) atoms. The molecule has 0 aliphatic heterocycles. The van der Waals surface area contributed by atoms with Crippen LogP contribution in [0.5, 0.6) is 0 Å². The van der Waals surface area contributed by atoms with Gasteiger partial charge < -0.3 is 9.67 Å². The lowest BCUT2D eigenvalue weighted by molar-refractivity contribution is 0.305. The molecule has 0 fully saturated rings. The summed E-state index contributed by atoms with van der Waals surface area (Å²) >= 11 is 0. The first-order chi connectivity index (χ1) is 10.1. The number of aliphatic hydroxyl groups is 1. The first-order valence-corrected chi connectivity index (χ1v) is 6.65. The molecular formula is C17H16FNO2. The Kier molecular flexibility index (Phi) is 4.91. The summed E-state index contributed by atoms with van der Waals surface area (Å²) in [4.78, 5) is 11.8. The molecular weight excluding hydrogens is 269 g/mol. The van der Waals surface area contributed by atoms with Crippen LogP contribution in [-0.2, 0) is 6.54 Å². The molecule has 108 valence electrons. The summed E-state index contributed by atoms with van der Waals surface area (Å²) in [6.45, 7) is 2.13. The zero-order chi connectivity index (χ0) is 15.2. The van der Waals surface area contributed by atoms with Crippen molar-refractivity contribution in [1.82, 2.24) is 4.57 Å². The van der Waals surface area contributed by atoms with Gasteiger partial charge in [0.15, 0.2) is 0 Å². The van der Waals surface area contributed by atoms with Crippen LogP contribution in [0, 0.1) is 24.6 Å². The number of hydrogen-bond acceptors (Lipinski definition) is 2. The summed E-state index contributed by atoms with van der Waals surface area (Å²) in [6, 6.07) is 7.86. The Labute approximate surface area is 122 Å². The molecule has 2 rings (SSSR count). The number of aromatic nitrogens is 1. The van der Waals surface area contributed by atoms with Crippen molar-refractivity contribution in [2.75, 3.05) is 6.61 Å². The van der Waals surface area contributed by atoms with Crippen LogP contribution >= 0.6 is 0 Å². The van der Waals surface area contributed by atoms with Crippen LogP contribution in [0.4, 0.5) is 4.39 Å². The number of rotatable bonds is 3. The van der Waals surface area contributed by atoms with Gasteiger partial charge in [0.2, 0.25) is 0 Å². The van der Waals surface area contributed by atoms with E-state index >= 15 is 0 Å². The lowest BCUT2D eigenvalue weighted by Gasteiger charge is -2.07. The third-order valence-electron chi connectivity index (χ3n) is 2.93. The number of nitrogens with zero attached hydrogens (tertiary/aromatic N) is 1. The Balaban J connectivity index is 2.28. The van der Waals surface area contributed by atoms with Gasteiger partial charge in [-0.15, -0.1) is 0 Å². The summed E-state index contributed by atoms with van der Waals surface area (Å²) in [5.41, 5.74) is 1.99. The molecule has 2 aromatic rings. The zero-order valence-electron chi connectivity index (χ0n) is 11.8. The van der Waals surface area contributed by atoms with Crippen molar-refractivity contribution in [3.8, 4) is 11.8 Å². The Bertz CT molecular complexity index is 753. The van der Waals surface area contributed by atoms with E-state index in [9.17, 15) is 9.18 Å². The van der Waals surface area contributed by atoms with E-state index < -0.39 is 0 Å². The van der Waals surface area contributed by atoms with Gasteiger partial charge in [-0.2, -0.15) is 0 Å². The smallest absolute Gasteiger partial charge is 0.251 e. The van der Waals surface area contributed by atoms with Crippen LogP contribution in [-0.4, -0.2) is 16.3 Å². The van der Waals surface area contributed by atoms with E-state index in [1.165, 1.54) is 16.7 Å². The van der Waals surface area contributed by atoms with Gasteiger partial charge in [-0.3, -0.25) is 4.79 Å². The highest BCUT2D eigenvalue weighted by Crippen LogP contribution is 2.10. The maximum atomic E-state index is 13.6. The second-order valence-corrected chi connectivity index (χ2v) is 4.79. The SMILES string of the molecule is Cc1ccn(Cc2cc(F)cc(C#CCCO)c2)c(=O)c1. The van der Waals surface area contributed by atoms with Crippen molar-refractivity contribution in [3.63, 3.8) is 0 Å². The van der Waals surface area contributed by atoms with Crippen molar-refractivity contribution < 1.29 is 9.50 Å². The number of halogens is 1. The molecule has 0 radical (unpaired) electrons. The molecule has 0 unspecified atom stereocenters. The van der Waals surface area contributed by atoms with Crippen molar-refractivity contribution in [3.05, 3.63) is 69.4 Å². The molecule has 0 amide bonds. The summed E-state index contributed by atoms with van der Waals surface area (Å²) < 4.78 is 15.1. The fraction of sp³-hybridized carbons (Fsp3) is 0.235. The largest absolute Gasteiger partial charge is 0.395 e. The van der Waals surface area contributed by atoms with E-state index in [0.717, 1.165) is 5.56 Å². The molecule has 3 nitrogen and oxygen atoms in total. The average Bonchev–Trinajstić information content (AvgIpc) is 2.42. The van der Waals surface area contributed by atoms with Crippen LogP contribution < -0.4 is 5.56 Å². The van der Waals surface area contributed by atoms with Gasteiger partial charge in [0.25, 0.3) is 5.56 Å². The maximum Gasteiger partial charge on any atom is 0.251 e. The fourth-order valence-corrected chi connectivity index (χ4v) is 1.97. The normalized spacial score (nSPS) is 10.0. The second-order valence-electron chi connectivity index (χ2n) is 4.79. The Morgan fingerprint density at radius 3 is 2.81 bits per heavy atom. The van der Waals surface area contributed by atoms with Crippen LogP contribution in [0.1, 0.15) is 23.1 Å². The minimum Gasteiger partial charge on any atom is -0.395 e. The lowest BCUT2D eigenvalue weighted by atomic mass is 10.1. The van der Waals surface area contributed by atoms with Crippen molar-refractivity contribution >= 4 is 0 Å². The molecule has 0 spiro atoms. The van der Waals surface area contributed by atoms with Crippen LogP contribution in [0.15, 0.2) is 41.3 Å². The van der Waals surface area contributed by atoms with Crippen molar-refractivity contribution in [1.29, 1.82) is 0 Å². The van der Waals surface area contributed by atoms with Gasteiger partial charge in [-0.05, 0) is 42.3 Å². The third-order valence-corrected chi connectivity index (χ3v) is 2.93. The Hall–Kier alpha value is -2.38. The molecule has 0 saturated heterocycles. The highest BCUT2D eigenvalue weighted by molar-refractivity contribution is 5.38. The van der Waals surface area contributed by atoms with Crippen molar-refractivity contribution in [2.24, 2.45) is 0 Å². The highest BCUT2D eigenvalue weighted by Gasteiger charge is 2.02. The van der Waals surface area contributed by atoms with Crippen LogP contribution in [0.25, 0.3) is 0 Å². The minimum atomic E-state index is -0.388. The monoisotopic (exact) mass is 285 g/mol. The number of benzene rings is 1. The van der Waals surface area contributed by atoms with E-state index in [2.05, 4.69) is 11.8 Å². The van der Waals surface area contributed by atoms with Crippen LogP contribution in [0.3, 0.4) is 0 Å². The van der Waals surface area contributed by atoms with Gasteiger partial charge in [0, 0.05) is 24.2 Å². The average molecular weight is 285 g/mol. The van der Waals surface area contributed by atoms with Crippen LogP contribution in [0.2, 0.25) is 0 Å². The number of aryl methyl sites for hydroxylation is 1. The van der Waals surface area contributed by atoms with E-state index in [1.54, 1.807) is 18.3 Å². The quantitative estimate of drug-likeness (QED) is 0.877.